The Morgan fingerprint density at radius 3 is 2.26 bits per heavy atom. The normalized spacial score (nSPS) is 11.3. The van der Waals surface area contributed by atoms with E-state index in [9.17, 15) is 4.79 Å². The monoisotopic (exact) mass is 309 g/mol. The van der Waals surface area contributed by atoms with Crippen molar-refractivity contribution < 1.29 is 4.79 Å². The van der Waals surface area contributed by atoms with Crippen molar-refractivity contribution in [2.45, 2.75) is 20.8 Å². The molecule has 23 heavy (non-hydrogen) atoms. The molecule has 0 saturated carbocycles. The lowest BCUT2D eigenvalue weighted by Crippen LogP contribution is -2.19. The molecule has 0 aliphatic rings. The minimum atomic E-state index is -0.209. The molecule has 0 atom stereocenters. The average molecular weight is 309 g/mol. The van der Waals surface area contributed by atoms with Gasteiger partial charge in [0.2, 0.25) is 0 Å². The molecular formula is C19H23N3O. The molecule has 1 amide bonds. The lowest BCUT2D eigenvalue weighted by Gasteiger charge is -2.12. The molecule has 4 heteroatoms. The van der Waals surface area contributed by atoms with Gasteiger partial charge in [-0.2, -0.15) is 5.10 Å². The zero-order valence-corrected chi connectivity index (χ0v) is 14.3. The number of nitrogens with one attached hydrogen (secondary N) is 1. The standard InChI is InChI=1S/C19H23N3O/c1-13-6-11-18(14(2)12-13)15(3)20-21-19(23)16-7-9-17(10-8-16)22(4)5/h6-12H,1-5H3,(H,21,23). The van der Waals surface area contributed by atoms with Gasteiger partial charge < -0.3 is 4.90 Å². The molecule has 0 fully saturated rings. The summed E-state index contributed by atoms with van der Waals surface area (Å²) in [5.74, 6) is -0.209. The maximum Gasteiger partial charge on any atom is 0.271 e. The molecule has 4 nitrogen and oxygen atoms in total. The third-order valence-electron chi connectivity index (χ3n) is 3.74. The summed E-state index contributed by atoms with van der Waals surface area (Å²) in [4.78, 5) is 14.2. The Hall–Kier alpha value is -2.62. The van der Waals surface area contributed by atoms with Crippen molar-refractivity contribution in [3.63, 3.8) is 0 Å². The number of hydrogen-bond donors (Lipinski definition) is 1. The highest BCUT2D eigenvalue weighted by molar-refractivity contribution is 6.01. The van der Waals surface area contributed by atoms with Gasteiger partial charge in [-0.1, -0.05) is 23.8 Å². The molecule has 0 unspecified atom stereocenters. The Balaban J connectivity index is 2.10. The van der Waals surface area contributed by atoms with E-state index in [2.05, 4.69) is 23.5 Å². The third kappa shape index (κ3) is 4.19. The van der Waals surface area contributed by atoms with Crippen LogP contribution < -0.4 is 10.3 Å². The predicted molar refractivity (Wildman–Crippen MR) is 96.4 cm³/mol. The number of anilines is 1. The Labute approximate surface area is 137 Å². The lowest BCUT2D eigenvalue weighted by atomic mass is 10.0. The number of hydrazone groups is 1. The number of carbonyl (C=O) groups excluding carboxylic acids is 1. The van der Waals surface area contributed by atoms with Gasteiger partial charge in [0.15, 0.2) is 0 Å². The fourth-order valence-electron chi connectivity index (χ4n) is 2.39. The highest BCUT2D eigenvalue weighted by Gasteiger charge is 2.07. The molecule has 0 bridgehead atoms. The Morgan fingerprint density at radius 2 is 1.70 bits per heavy atom. The first-order chi connectivity index (χ1) is 10.9. The summed E-state index contributed by atoms with van der Waals surface area (Å²) in [6, 6.07) is 13.6. The summed E-state index contributed by atoms with van der Waals surface area (Å²) in [6.07, 6.45) is 0. The van der Waals surface area contributed by atoms with Gasteiger partial charge >= 0.3 is 0 Å². The van der Waals surface area contributed by atoms with Crippen LogP contribution in [0, 0.1) is 13.8 Å². The quantitative estimate of drug-likeness (QED) is 0.694. The van der Waals surface area contributed by atoms with Crippen molar-refractivity contribution >= 4 is 17.3 Å². The van der Waals surface area contributed by atoms with E-state index in [-0.39, 0.29) is 5.91 Å². The van der Waals surface area contributed by atoms with Gasteiger partial charge in [0, 0.05) is 30.9 Å². The molecule has 0 aliphatic carbocycles. The highest BCUT2D eigenvalue weighted by atomic mass is 16.2. The molecule has 0 radical (unpaired) electrons. The van der Waals surface area contributed by atoms with E-state index in [0.29, 0.717) is 5.56 Å². The van der Waals surface area contributed by atoms with E-state index >= 15 is 0 Å². The van der Waals surface area contributed by atoms with Gasteiger partial charge in [-0.3, -0.25) is 4.79 Å². The second kappa shape index (κ2) is 7.09. The number of benzene rings is 2. The van der Waals surface area contributed by atoms with E-state index < -0.39 is 0 Å². The second-order valence-electron chi connectivity index (χ2n) is 5.90. The van der Waals surface area contributed by atoms with Crippen molar-refractivity contribution in [1.82, 2.24) is 5.43 Å². The molecule has 0 saturated heterocycles. The van der Waals surface area contributed by atoms with Crippen LogP contribution in [0.1, 0.15) is 34.0 Å². The van der Waals surface area contributed by atoms with Crippen molar-refractivity contribution in [1.29, 1.82) is 0 Å². The van der Waals surface area contributed by atoms with Gasteiger partial charge in [0.1, 0.15) is 0 Å². The Kier molecular flexibility index (Phi) is 5.16. The van der Waals surface area contributed by atoms with Crippen molar-refractivity contribution in [3.05, 3.63) is 64.7 Å². The smallest absolute Gasteiger partial charge is 0.271 e. The number of rotatable bonds is 4. The van der Waals surface area contributed by atoms with Crippen LogP contribution in [0.2, 0.25) is 0 Å². The SMILES string of the molecule is CC(=NNC(=O)c1ccc(N(C)C)cc1)c1ccc(C)cc1C. The number of aryl methyl sites for hydroxylation is 2. The minimum absolute atomic E-state index is 0.209. The maximum absolute atomic E-state index is 12.2. The van der Waals surface area contributed by atoms with Crippen LogP contribution in [-0.2, 0) is 0 Å². The van der Waals surface area contributed by atoms with Crippen LogP contribution in [0.25, 0.3) is 0 Å². The third-order valence-corrected chi connectivity index (χ3v) is 3.74. The number of nitrogens with zero attached hydrogens (tertiary/aromatic N) is 2. The largest absolute Gasteiger partial charge is 0.378 e. The summed E-state index contributed by atoms with van der Waals surface area (Å²) >= 11 is 0. The summed E-state index contributed by atoms with van der Waals surface area (Å²) in [6.45, 7) is 6.00. The number of amides is 1. The minimum Gasteiger partial charge on any atom is -0.378 e. The van der Waals surface area contributed by atoms with E-state index in [1.165, 1.54) is 5.56 Å². The Morgan fingerprint density at radius 1 is 1.04 bits per heavy atom. The fourth-order valence-corrected chi connectivity index (χ4v) is 2.39. The van der Waals surface area contributed by atoms with Gasteiger partial charge in [0.25, 0.3) is 5.91 Å². The van der Waals surface area contributed by atoms with Gasteiger partial charge in [-0.15, -0.1) is 0 Å². The molecule has 0 aromatic heterocycles. The molecule has 0 heterocycles. The molecule has 0 spiro atoms. The van der Waals surface area contributed by atoms with E-state index in [4.69, 9.17) is 0 Å². The number of carbonyl (C=O) groups is 1. The summed E-state index contributed by atoms with van der Waals surface area (Å²) in [5.41, 5.74) is 8.46. The zero-order valence-electron chi connectivity index (χ0n) is 14.3. The van der Waals surface area contributed by atoms with Crippen LogP contribution in [0.4, 0.5) is 5.69 Å². The molecule has 1 N–H and O–H groups in total. The second-order valence-corrected chi connectivity index (χ2v) is 5.90. The van der Waals surface area contributed by atoms with Crippen molar-refractivity contribution in [3.8, 4) is 0 Å². The first-order valence-electron chi connectivity index (χ1n) is 7.58. The zero-order chi connectivity index (χ0) is 17.0. The van der Waals surface area contributed by atoms with Gasteiger partial charge in [0.05, 0.1) is 5.71 Å². The molecule has 2 aromatic carbocycles. The lowest BCUT2D eigenvalue weighted by molar-refractivity contribution is 0.0955. The molecule has 0 aliphatic heterocycles. The number of hydrogen-bond acceptors (Lipinski definition) is 3. The van der Waals surface area contributed by atoms with Crippen molar-refractivity contribution in [2.75, 3.05) is 19.0 Å². The molecule has 2 rings (SSSR count). The van der Waals surface area contributed by atoms with Crippen LogP contribution in [0.15, 0.2) is 47.6 Å². The van der Waals surface area contributed by atoms with Crippen LogP contribution in [0.5, 0.6) is 0 Å². The highest BCUT2D eigenvalue weighted by Crippen LogP contribution is 2.13. The van der Waals surface area contributed by atoms with Crippen LogP contribution >= 0.6 is 0 Å². The van der Waals surface area contributed by atoms with Crippen molar-refractivity contribution in [2.24, 2.45) is 5.10 Å². The topological polar surface area (TPSA) is 44.7 Å². The van der Waals surface area contributed by atoms with E-state index in [1.807, 2.05) is 57.1 Å². The maximum atomic E-state index is 12.2. The summed E-state index contributed by atoms with van der Waals surface area (Å²) < 4.78 is 0. The van der Waals surface area contributed by atoms with Crippen LogP contribution in [0.3, 0.4) is 0 Å². The first-order valence-corrected chi connectivity index (χ1v) is 7.58. The summed E-state index contributed by atoms with van der Waals surface area (Å²) in [5, 5.41) is 4.23. The average Bonchev–Trinajstić information content (AvgIpc) is 2.52. The molecule has 120 valence electrons. The van der Waals surface area contributed by atoms with Gasteiger partial charge in [-0.05, 0) is 50.6 Å². The molecular weight excluding hydrogens is 286 g/mol. The fraction of sp³-hybridized carbons (Fsp3) is 0.263. The van der Waals surface area contributed by atoms with Crippen LogP contribution in [-0.4, -0.2) is 25.7 Å². The Bertz CT molecular complexity index is 731. The molecule has 2 aromatic rings. The van der Waals surface area contributed by atoms with E-state index in [1.54, 1.807) is 12.1 Å². The van der Waals surface area contributed by atoms with Gasteiger partial charge in [-0.25, -0.2) is 5.43 Å². The summed E-state index contributed by atoms with van der Waals surface area (Å²) in [7, 11) is 3.93. The predicted octanol–water partition coefficient (Wildman–Crippen LogP) is 3.52. The van der Waals surface area contributed by atoms with E-state index in [0.717, 1.165) is 22.5 Å². The first kappa shape index (κ1) is 16.7.